The van der Waals surface area contributed by atoms with Crippen molar-refractivity contribution in [2.45, 2.75) is 64.1 Å². The van der Waals surface area contributed by atoms with Crippen molar-refractivity contribution in [2.24, 2.45) is 5.73 Å². The maximum atomic E-state index is 12.3. The van der Waals surface area contributed by atoms with Crippen molar-refractivity contribution >= 4 is 23.9 Å². The average molecular weight is 354 g/mol. The maximum absolute atomic E-state index is 12.3. The van der Waals surface area contributed by atoms with Gasteiger partial charge in [-0.25, -0.2) is 0 Å². The lowest BCUT2D eigenvalue weighted by molar-refractivity contribution is -0.136. The van der Waals surface area contributed by atoms with Gasteiger partial charge >= 0.3 is 0 Å². The molecule has 142 valence electrons. The molecule has 4 N–H and O–H groups in total. The molecule has 2 atom stereocenters. The fourth-order valence-corrected chi connectivity index (χ4v) is 3.02. The first kappa shape index (κ1) is 21.2. The Hall–Kier alpha value is -1.80. The summed E-state index contributed by atoms with van der Waals surface area (Å²) in [6, 6.07) is -1.09. The van der Waals surface area contributed by atoms with Crippen LogP contribution in [0.4, 0.5) is 0 Å². The van der Waals surface area contributed by atoms with Gasteiger partial charge in [-0.2, -0.15) is 0 Å². The van der Waals surface area contributed by atoms with Crippen LogP contribution in [0.2, 0.25) is 0 Å². The first-order valence-corrected chi connectivity index (χ1v) is 8.74. The predicted molar refractivity (Wildman–Crippen MR) is 93.8 cm³/mol. The number of rotatable bonds is 10. The van der Waals surface area contributed by atoms with Gasteiger partial charge in [-0.05, 0) is 33.1 Å². The van der Waals surface area contributed by atoms with E-state index < -0.39 is 17.6 Å². The van der Waals surface area contributed by atoms with E-state index in [0.29, 0.717) is 32.5 Å². The molecule has 1 heterocycles. The SMILES string of the molecule is CC(=O)N1CCCC1C(=O)NCCNC(C)(C)C(=O)C(N)CCC=O. The molecular formula is C17H30N4O4. The van der Waals surface area contributed by atoms with Gasteiger partial charge in [0.05, 0.1) is 11.6 Å². The second-order valence-corrected chi connectivity index (χ2v) is 6.93. The summed E-state index contributed by atoms with van der Waals surface area (Å²) in [6.45, 7) is 6.29. The van der Waals surface area contributed by atoms with Crippen LogP contribution in [0.1, 0.15) is 46.5 Å². The average Bonchev–Trinajstić information content (AvgIpc) is 3.05. The van der Waals surface area contributed by atoms with E-state index in [0.717, 1.165) is 12.7 Å². The van der Waals surface area contributed by atoms with Gasteiger partial charge in [0.1, 0.15) is 12.3 Å². The zero-order chi connectivity index (χ0) is 19.0. The van der Waals surface area contributed by atoms with Gasteiger partial charge in [0.25, 0.3) is 0 Å². The van der Waals surface area contributed by atoms with E-state index in [1.165, 1.54) is 6.92 Å². The molecule has 0 radical (unpaired) electrons. The lowest BCUT2D eigenvalue weighted by Crippen LogP contribution is -2.55. The molecule has 8 nitrogen and oxygen atoms in total. The molecule has 0 aromatic carbocycles. The van der Waals surface area contributed by atoms with Gasteiger partial charge in [0.2, 0.25) is 11.8 Å². The highest BCUT2D eigenvalue weighted by Gasteiger charge is 2.33. The Balaban J connectivity index is 2.38. The second-order valence-electron chi connectivity index (χ2n) is 6.93. The summed E-state index contributed by atoms with van der Waals surface area (Å²) in [5.41, 5.74) is 4.97. The summed E-state index contributed by atoms with van der Waals surface area (Å²) in [7, 11) is 0. The van der Waals surface area contributed by atoms with Crippen LogP contribution in [0.15, 0.2) is 0 Å². The number of likely N-dealkylation sites (tertiary alicyclic amines) is 1. The van der Waals surface area contributed by atoms with Crippen molar-refractivity contribution < 1.29 is 19.2 Å². The monoisotopic (exact) mass is 354 g/mol. The first-order chi connectivity index (χ1) is 11.7. The van der Waals surface area contributed by atoms with Crippen molar-refractivity contribution in [3.63, 3.8) is 0 Å². The molecule has 0 saturated carbocycles. The largest absolute Gasteiger partial charge is 0.353 e. The summed E-state index contributed by atoms with van der Waals surface area (Å²) in [6.07, 6.45) is 2.83. The molecule has 25 heavy (non-hydrogen) atoms. The lowest BCUT2D eigenvalue weighted by Gasteiger charge is -2.28. The van der Waals surface area contributed by atoms with Gasteiger partial charge in [-0.1, -0.05) is 0 Å². The van der Waals surface area contributed by atoms with Crippen LogP contribution in [-0.4, -0.2) is 66.0 Å². The van der Waals surface area contributed by atoms with Crippen LogP contribution in [0, 0.1) is 0 Å². The third-order valence-electron chi connectivity index (χ3n) is 4.50. The van der Waals surface area contributed by atoms with Gasteiger partial charge in [0.15, 0.2) is 5.78 Å². The number of nitrogens with one attached hydrogen (secondary N) is 2. The molecule has 0 bridgehead atoms. The van der Waals surface area contributed by atoms with Crippen LogP contribution in [-0.2, 0) is 19.2 Å². The summed E-state index contributed by atoms with van der Waals surface area (Å²) >= 11 is 0. The van der Waals surface area contributed by atoms with Crippen LogP contribution in [0.25, 0.3) is 0 Å². The summed E-state index contributed by atoms with van der Waals surface area (Å²) in [4.78, 5) is 48.0. The van der Waals surface area contributed by atoms with E-state index in [1.807, 2.05) is 0 Å². The van der Waals surface area contributed by atoms with Gasteiger partial charge < -0.3 is 26.1 Å². The fraction of sp³-hybridized carbons (Fsp3) is 0.765. The zero-order valence-electron chi connectivity index (χ0n) is 15.3. The minimum Gasteiger partial charge on any atom is -0.353 e. The number of Topliss-reactive ketones (excluding diaryl/α,β-unsaturated/α-hetero) is 1. The normalized spacial score (nSPS) is 18.7. The van der Waals surface area contributed by atoms with Crippen molar-refractivity contribution in [3.05, 3.63) is 0 Å². The minimum absolute atomic E-state index is 0.0909. The minimum atomic E-state index is -0.841. The molecule has 0 spiro atoms. The standard InChI is InChI=1S/C17H30N4O4/c1-12(23)21-10-4-7-14(21)16(25)19-8-9-20-17(2,3)15(24)13(18)6-5-11-22/h11,13-14,20H,4-10,18H2,1-3H3,(H,19,25). The number of carbonyl (C=O) groups is 4. The Labute approximate surface area is 148 Å². The quantitative estimate of drug-likeness (QED) is 0.354. The Morgan fingerprint density at radius 2 is 2.00 bits per heavy atom. The molecule has 0 aliphatic carbocycles. The smallest absolute Gasteiger partial charge is 0.242 e. The number of amides is 2. The van der Waals surface area contributed by atoms with E-state index in [9.17, 15) is 19.2 Å². The van der Waals surface area contributed by atoms with Crippen LogP contribution in [0.3, 0.4) is 0 Å². The number of hydrogen-bond acceptors (Lipinski definition) is 6. The molecule has 1 saturated heterocycles. The van der Waals surface area contributed by atoms with Gasteiger partial charge in [0, 0.05) is 33.0 Å². The fourth-order valence-electron chi connectivity index (χ4n) is 3.02. The Kier molecular flexibility index (Phi) is 8.18. The van der Waals surface area contributed by atoms with Crippen LogP contribution in [0.5, 0.6) is 0 Å². The molecular weight excluding hydrogens is 324 g/mol. The van der Waals surface area contributed by atoms with E-state index in [2.05, 4.69) is 10.6 Å². The van der Waals surface area contributed by atoms with E-state index in [4.69, 9.17) is 5.73 Å². The highest BCUT2D eigenvalue weighted by atomic mass is 16.2. The third-order valence-corrected chi connectivity index (χ3v) is 4.50. The molecule has 0 aromatic heterocycles. The zero-order valence-corrected chi connectivity index (χ0v) is 15.3. The van der Waals surface area contributed by atoms with E-state index in [-0.39, 0.29) is 24.0 Å². The molecule has 2 amide bonds. The van der Waals surface area contributed by atoms with Crippen LogP contribution < -0.4 is 16.4 Å². The van der Waals surface area contributed by atoms with Crippen LogP contribution >= 0.6 is 0 Å². The molecule has 1 aliphatic heterocycles. The van der Waals surface area contributed by atoms with Crippen molar-refractivity contribution in [1.29, 1.82) is 0 Å². The highest BCUT2D eigenvalue weighted by Crippen LogP contribution is 2.17. The number of nitrogens with zero attached hydrogens (tertiary/aromatic N) is 1. The summed E-state index contributed by atoms with van der Waals surface area (Å²) in [5, 5.41) is 5.88. The van der Waals surface area contributed by atoms with E-state index in [1.54, 1.807) is 18.7 Å². The topological polar surface area (TPSA) is 122 Å². The molecule has 8 heteroatoms. The third kappa shape index (κ3) is 6.21. The van der Waals surface area contributed by atoms with E-state index >= 15 is 0 Å². The Bertz CT molecular complexity index is 507. The van der Waals surface area contributed by atoms with Crippen molar-refractivity contribution in [1.82, 2.24) is 15.5 Å². The molecule has 0 aromatic rings. The van der Waals surface area contributed by atoms with Gasteiger partial charge in [-0.15, -0.1) is 0 Å². The maximum Gasteiger partial charge on any atom is 0.242 e. The number of ketones is 1. The van der Waals surface area contributed by atoms with Crippen molar-refractivity contribution in [3.8, 4) is 0 Å². The molecule has 2 unspecified atom stereocenters. The number of hydrogen-bond donors (Lipinski definition) is 3. The second kappa shape index (κ2) is 9.62. The molecule has 1 rings (SSSR count). The Morgan fingerprint density at radius 3 is 2.60 bits per heavy atom. The number of nitrogens with two attached hydrogens (primary N) is 1. The molecule has 1 aliphatic rings. The highest BCUT2D eigenvalue weighted by molar-refractivity contribution is 5.92. The number of aldehydes is 1. The summed E-state index contributed by atoms with van der Waals surface area (Å²) in [5.74, 6) is -0.424. The lowest BCUT2D eigenvalue weighted by atomic mass is 9.91. The predicted octanol–water partition coefficient (Wildman–Crippen LogP) is -0.643. The number of carbonyl (C=O) groups excluding carboxylic acids is 4. The molecule has 1 fully saturated rings. The van der Waals surface area contributed by atoms with Crippen molar-refractivity contribution in [2.75, 3.05) is 19.6 Å². The first-order valence-electron chi connectivity index (χ1n) is 8.74. The Morgan fingerprint density at radius 1 is 1.32 bits per heavy atom. The van der Waals surface area contributed by atoms with Gasteiger partial charge in [-0.3, -0.25) is 14.4 Å². The summed E-state index contributed by atoms with van der Waals surface area (Å²) < 4.78 is 0.